The van der Waals surface area contributed by atoms with E-state index in [2.05, 4.69) is 35.7 Å². The van der Waals surface area contributed by atoms with Crippen LogP contribution in [0.15, 0.2) is 30.3 Å². The fraction of sp³-hybridized carbons (Fsp3) is 0.526. The van der Waals surface area contributed by atoms with Gasteiger partial charge in [-0.3, -0.25) is 4.79 Å². The lowest BCUT2D eigenvalue weighted by Gasteiger charge is -2.27. The Bertz CT molecular complexity index is 530. The van der Waals surface area contributed by atoms with Gasteiger partial charge in [0.2, 0.25) is 5.91 Å². The zero-order chi connectivity index (χ0) is 15.9. The van der Waals surface area contributed by atoms with Gasteiger partial charge < -0.3 is 10.2 Å². The minimum atomic E-state index is 0.172. The van der Waals surface area contributed by atoms with Crippen molar-refractivity contribution in [3.63, 3.8) is 0 Å². The van der Waals surface area contributed by atoms with E-state index in [1.807, 2.05) is 18.7 Å². The molecular formula is C19H28N2O. The Morgan fingerprint density at radius 3 is 2.64 bits per heavy atom. The van der Waals surface area contributed by atoms with Crippen LogP contribution in [0.2, 0.25) is 0 Å². The Kier molecular flexibility index (Phi) is 6.20. The molecule has 0 aliphatic carbocycles. The summed E-state index contributed by atoms with van der Waals surface area (Å²) in [5, 5.41) is 3.59. The molecule has 1 N–H and O–H groups in total. The van der Waals surface area contributed by atoms with Crippen LogP contribution in [0.4, 0.5) is 0 Å². The highest BCUT2D eigenvalue weighted by Gasteiger charge is 2.22. The van der Waals surface area contributed by atoms with Gasteiger partial charge in [-0.25, -0.2) is 0 Å². The van der Waals surface area contributed by atoms with Crippen molar-refractivity contribution >= 4 is 11.5 Å². The first-order valence-corrected chi connectivity index (χ1v) is 8.53. The normalized spacial score (nSPS) is 21.0. The topological polar surface area (TPSA) is 32.3 Å². The molecule has 0 radical (unpaired) electrons. The summed E-state index contributed by atoms with van der Waals surface area (Å²) in [6.07, 6.45) is 5.67. The summed E-state index contributed by atoms with van der Waals surface area (Å²) >= 11 is 0. The molecular weight excluding hydrogens is 272 g/mol. The summed E-state index contributed by atoms with van der Waals surface area (Å²) < 4.78 is 0. The van der Waals surface area contributed by atoms with E-state index in [-0.39, 0.29) is 5.91 Å². The van der Waals surface area contributed by atoms with Gasteiger partial charge in [0.15, 0.2) is 0 Å². The van der Waals surface area contributed by atoms with Gasteiger partial charge in [-0.2, -0.15) is 0 Å². The highest BCUT2D eigenvalue weighted by Crippen LogP contribution is 2.32. The summed E-state index contributed by atoms with van der Waals surface area (Å²) in [6.45, 7) is 8.36. The molecule has 0 aromatic heterocycles. The number of hydrogen-bond donors (Lipinski definition) is 1. The number of nitrogens with zero attached hydrogens (tertiary/aromatic N) is 1. The summed E-state index contributed by atoms with van der Waals surface area (Å²) in [7, 11) is 0. The minimum absolute atomic E-state index is 0.172. The molecule has 1 saturated heterocycles. The first-order valence-electron chi connectivity index (χ1n) is 8.53. The van der Waals surface area contributed by atoms with Gasteiger partial charge in [0.1, 0.15) is 0 Å². The lowest BCUT2D eigenvalue weighted by molar-refractivity contribution is -0.128. The Hall–Kier alpha value is -1.61. The fourth-order valence-corrected chi connectivity index (χ4v) is 3.24. The van der Waals surface area contributed by atoms with Crippen LogP contribution in [0.1, 0.15) is 57.2 Å². The predicted octanol–water partition coefficient (Wildman–Crippen LogP) is 3.77. The van der Waals surface area contributed by atoms with Crippen molar-refractivity contribution in [3.05, 3.63) is 41.5 Å². The van der Waals surface area contributed by atoms with Gasteiger partial charge in [0.05, 0.1) is 0 Å². The Morgan fingerprint density at radius 2 is 2.05 bits per heavy atom. The van der Waals surface area contributed by atoms with E-state index in [1.165, 1.54) is 29.5 Å². The predicted molar refractivity (Wildman–Crippen MR) is 92.6 cm³/mol. The molecule has 1 fully saturated rings. The summed E-state index contributed by atoms with van der Waals surface area (Å²) in [5.74, 6) is 0.172. The molecule has 3 nitrogen and oxygen atoms in total. The molecule has 120 valence electrons. The standard InChI is InChI=1S/C17H22N2O.C2H6/c1-13(20)19-11-8-14(9-12-19)15-5-2-3-6-16(15)17-7-4-10-18-17;1-2/h2-3,5-6,8,17-18H,4,7,9-12H2,1H3;1-2H3/t17-;/m1./s1. The molecule has 0 spiro atoms. The van der Waals surface area contributed by atoms with E-state index in [1.54, 1.807) is 6.92 Å². The highest BCUT2D eigenvalue weighted by molar-refractivity contribution is 5.76. The maximum Gasteiger partial charge on any atom is 0.219 e. The molecule has 1 atom stereocenters. The molecule has 0 unspecified atom stereocenters. The quantitative estimate of drug-likeness (QED) is 0.901. The van der Waals surface area contributed by atoms with E-state index in [0.29, 0.717) is 6.04 Å². The maximum atomic E-state index is 11.4. The van der Waals surface area contributed by atoms with Gasteiger partial charge in [0.25, 0.3) is 0 Å². The molecule has 22 heavy (non-hydrogen) atoms. The molecule has 1 aromatic carbocycles. The number of amides is 1. The monoisotopic (exact) mass is 300 g/mol. The molecule has 1 amide bonds. The van der Waals surface area contributed by atoms with Crippen molar-refractivity contribution in [3.8, 4) is 0 Å². The number of benzene rings is 1. The van der Waals surface area contributed by atoms with Crippen molar-refractivity contribution < 1.29 is 4.79 Å². The third kappa shape index (κ3) is 3.77. The van der Waals surface area contributed by atoms with Crippen LogP contribution in [0, 0.1) is 0 Å². The zero-order valence-corrected chi connectivity index (χ0v) is 14.1. The molecule has 2 aliphatic rings. The van der Waals surface area contributed by atoms with Crippen LogP contribution in [-0.4, -0.2) is 30.4 Å². The van der Waals surface area contributed by atoms with Crippen molar-refractivity contribution in [2.75, 3.05) is 19.6 Å². The average Bonchev–Trinajstić information content (AvgIpc) is 3.11. The first-order chi connectivity index (χ1) is 10.8. The lowest BCUT2D eigenvalue weighted by atomic mass is 9.91. The summed E-state index contributed by atoms with van der Waals surface area (Å²) in [5.41, 5.74) is 4.19. The van der Waals surface area contributed by atoms with E-state index >= 15 is 0 Å². The first kappa shape index (κ1) is 16.8. The van der Waals surface area contributed by atoms with Crippen LogP contribution in [0.3, 0.4) is 0 Å². The van der Waals surface area contributed by atoms with Crippen LogP contribution in [0.5, 0.6) is 0 Å². The van der Waals surface area contributed by atoms with Crippen LogP contribution in [0.25, 0.3) is 5.57 Å². The van der Waals surface area contributed by atoms with Gasteiger partial charge in [-0.15, -0.1) is 0 Å². The van der Waals surface area contributed by atoms with E-state index in [9.17, 15) is 4.79 Å². The van der Waals surface area contributed by atoms with E-state index < -0.39 is 0 Å². The van der Waals surface area contributed by atoms with Crippen molar-refractivity contribution in [1.82, 2.24) is 10.2 Å². The number of carbonyl (C=O) groups excluding carboxylic acids is 1. The number of nitrogens with one attached hydrogen (secondary N) is 1. The number of rotatable bonds is 2. The van der Waals surface area contributed by atoms with Crippen LogP contribution >= 0.6 is 0 Å². The minimum Gasteiger partial charge on any atom is -0.339 e. The summed E-state index contributed by atoms with van der Waals surface area (Å²) in [6, 6.07) is 9.22. The molecule has 0 bridgehead atoms. The van der Waals surface area contributed by atoms with Gasteiger partial charge in [-0.05, 0) is 42.5 Å². The van der Waals surface area contributed by atoms with Gasteiger partial charge >= 0.3 is 0 Å². The average molecular weight is 300 g/mol. The molecule has 2 heterocycles. The van der Waals surface area contributed by atoms with Crippen LogP contribution in [-0.2, 0) is 4.79 Å². The Labute approximate surface area is 134 Å². The van der Waals surface area contributed by atoms with Gasteiger partial charge in [-0.1, -0.05) is 44.2 Å². The number of hydrogen-bond acceptors (Lipinski definition) is 2. The SMILES string of the molecule is CC.CC(=O)N1CC=C(c2ccccc2[C@H]2CCCN2)CC1. The molecule has 3 heteroatoms. The lowest BCUT2D eigenvalue weighted by Crippen LogP contribution is -2.32. The second-order valence-corrected chi connectivity index (χ2v) is 5.68. The maximum absolute atomic E-state index is 11.4. The number of carbonyl (C=O) groups is 1. The van der Waals surface area contributed by atoms with E-state index in [4.69, 9.17) is 0 Å². The smallest absolute Gasteiger partial charge is 0.219 e. The van der Waals surface area contributed by atoms with Crippen molar-refractivity contribution in [1.29, 1.82) is 0 Å². The van der Waals surface area contributed by atoms with Crippen molar-refractivity contribution in [2.45, 2.75) is 46.1 Å². The zero-order valence-electron chi connectivity index (χ0n) is 14.1. The molecule has 0 saturated carbocycles. The summed E-state index contributed by atoms with van der Waals surface area (Å²) in [4.78, 5) is 13.3. The Morgan fingerprint density at radius 1 is 1.27 bits per heavy atom. The molecule has 3 rings (SSSR count). The Balaban J connectivity index is 0.000000847. The molecule has 2 aliphatic heterocycles. The van der Waals surface area contributed by atoms with Crippen molar-refractivity contribution in [2.24, 2.45) is 0 Å². The molecule has 1 aromatic rings. The third-order valence-corrected chi connectivity index (χ3v) is 4.40. The fourth-order valence-electron chi connectivity index (χ4n) is 3.24. The second kappa shape index (κ2) is 8.14. The highest BCUT2D eigenvalue weighted by atomic mass is 16.2. The van der Waals surface area contributed by atoms with Crippen LogP contribution < -0.4 is 5.32 Å². The van der Waals surface area contributed by atoms with E-state index in [0.717, 1.165) is 26.1 Å². The second-order valence-electron chi connectivity index (χ2n) is 5.68. The largest absolute Gasteiger partial charge is 0.339 e. The van der Waals surface area contributed by atoms with Gasteiger partial charge in [0, 0.05) is 26.1 Å². The third-order valence-electron chi connectivity index (χ3n) is 4.40.